The number of sulfonamides is 1. The predicted molar refractivity (Wildman–Crippen MR) is 85.9 cm³/mol. The summed E-state index contributed by atoms with van der Waals surface area (Å²) in [7, 11) is -3.61. The second-order valence-electron chi connectivity index (χ2n) is 5.60. The zero-order chi connectivity index (χ0) is 15.5. The topological polar surface area (TPSA) is 75.4 Å². The number of anilines is 1. The molecule has 0 bridgehead atoms. The second kappa shape index (κ2) is 6.96. The fraction of sp³-hybridized carbons (Fsp3) is 0.571. The van der Waals surface area contributed by atoms with Crippen LogP contribution < -0.4 is 10.5 Å². The summed E-state index contributed by atoms with van der Waals surface area (Å²) in [6.07, 6.45) is 2.35. The van der Waals surface area contributed by atoms with Gasteiger partial charge in [-0.25, -0.2) is 13.1 Å². The van der Waals surface area contributed by atoms with E-state index in [1.165, 1.54) is 25.0 Å². The number of nitrogen functional groups attached to an aromatic ring is 1. The number of nitrogens with two attached hydrogens (primary N) is 1. The summed E-state index contributed by atoms with van der Waals surface area (Å²) < 4.78 is 27.1. The van der Waals surface area contributed by atoms with Crippen molar-refractivity contribution in [1.29, 1.82) is 0 Å². The molecule has 0 radical (unpaired) electrons. The normalized spacial score (nSPS) is 18.0. The van der Waals surface area contributed by atoms with Gasteiger partial charge in [0.2, 0.25) is 10.0 Å². The average Bonchev–Trinajstić information content (AvgIpc) is 2.43. The van der Waals surface area contributed by atoms with Crippen molar-refractivity contribution in [3.63, 3.8) is 0 Å². The van der Waals surface area contributed by atoms with E-state index in [1.807, 2.05) is 0 Å². The Balaban J connectivity index is 1.91. The third-order valence-corrected chi connectivity index (χ3v) is 5.61. The lowest BCUT2D eigenvalue weighted by molar-refractivity contribution is 0.195. The van der Waals surface area contributed by atoms with Gasteiger partial charge in [0.15, 0.2) is 0 Å². The summed E-state index contributed by atoms with van der Waals surface area (Å²) in [6.45, 7) is 5.40. The Labute approximate surface area is 131 Å². The first-order valence-corrected chi connectivity index (χ1v) is 9.01. The lowest BCUT2D eigenvalue weighted by Crippen LogP contribution is -2.39. The molecule has 1 aliphatic heterocycles. The minimum atomic E-state index is -3.61. The molecule has 1 aliphatic rings. The molecule has 3 N–H and O–H groups in total. The van der Waals surface area contributed by atoms with Crippen LogP contribution in [-0.4, -0.2) is 39.5 Å². The second-order valence-corrected chi connectivity index (χ2v) is 7.78. The van der Waals surface area contributed by atoms with Gasteiger partial charge in [-0.3, -0.25) is 0 Å². The highest BCUT2D eigenvalue weighted by Crippen LogP contribution is 2.22. The number of rotatable bonds is 5. The highest BCUT2D eigenvalue weighted by molar-refractivity contribution is 7.89. The Kier molecular flexibility index (Phi) is 5.48. The summed E-state index contributed by atoms with van der Waals surface area (Å²) in [6, 6.07) is 4.45. The molecule has 118 valence electrons. The van der Waals surface area contributed by atoms with Crippen molar-refractivity contribution >= 4 is 27.3 Å². The van der Waals surface area contributed by atoms with E-state index in [0.29, 0.717) is 18.1 Å². The number of benzene rings is 1. The van der Waals surface area contributed by atoms with E-state index in [2.05, 4.69) is 16.5 Å². The van der Waals surface area contributed by atoms with Gasteiger partial charge < -0.3 is 10.6 Å². The summed E-state index contributed by atoms with van der Waals surface area (Å²) in [4.78, 5) is 2.33. The van der Waals surface area contributed by atoms with Gasteiger partial charge in [-0.05, 0) is 50.0 Å². The van der Waals surface area contributed by atoms with E-state index in [4.69, 9.17) is 17.3 Å². The lowest BCUT2D eigenvalue weighted by Gasteiger charge is -2.30. The summed E-state index contributed by atoms with van der Waals surface area (Å²) in [5.74, 6) is 0.768. The fourth-order valence-electron chi connectivity index (χ4n) is 2.44. The number of hydrogen-bond donors (Lipinski definition) is 2. The number of nitrogens with zero attached hydrogens (tertiary/aromatic N) is 1. The van der Waals surface area contributed by atoms with Gasteiger partial charge in [-0.2, -0.15) is 0 Å². The molecule has 21 heavy (non-hydrogen) atoms. The van der Waals surface area contributed by atoms with E-state index in [-0.39, 0.29) is 10.6 Å². The first kappa shape index (κ1) is 16.5. The molecule has 1 aromatic rings. The molecule has 1 saturated heterocycles. The molecule has 0 saturated carbocycles. The Morgan fingerprint density at radius 3 is 2.71 bits per heavy atom. The molecule has 0 amide bonds. The van der Waals surface area contributed by atoms with Crippen molar-refractivity contribution in [1.82, 2.24) is 9.62 Å². The van der Waals surface area contributed by atoms with Crippen LogP contribution in [0, 0.1) is 5.92 Å². The summed E-state index contributed by atoms with van der Waals surface area (Å²) in [5.41, 5.74) is 5.92. The van der Waals surface area contributed by atoms with Crippen molar-refractivity contribution in [3.05, 3.63) is 23.2 Å². The van der Waals surface area contributed by atoms with E-state index >= 15 is 0 Å². The van der Waals surface area contributed by atoms with Gasteiger partial charge in [-0.15, -0.1) is 0 Å². The third kappa shape index (κ3) is 4.57. The first-order valence-electron chi connectivity index (χ1n) is 7.15. The maximum atomic E-state index is 12.2. The quantitative estimate of drug-likeness (QED) is 0.808. The standard InChI is InChI=1S/C14H22ClN3O2S/c1-11-4-7-18(8-5-11)9-6-17-21(19,20)14-10-12(15)2-3-13(14)16/h2-3,10-11,17H,4-9,16H2,1H3. The van der Waals surface area contributed by atoms with E-state index in [0.717, 1.165) is 19.0 Å². The molecule has 1 fully saturated rings. The molecule has 0 aromatic heterocycles. The van der Waals surface area contributed by atoms with Gasteiger partial charge in [0, 0.05) is 18.1 Å². The zero-order valence-corrected chi connectivity index (χ0v) is 13.8. The van der Waals surface area contributed by atoms with Crippen LogP contribution >= 0.6 is 11.6 Å². The molecule has 0 atom stereocenters. The number of halogens is 1. The van der Waals surface area contributed by atoms with E-state index in [1.54, 1.807) is 6.07 Å². The zero-order valence-electron chi connectivity index (χ0n) is 12.2. The van der Waals surface area contributed by atoms with E-state index < -0.39 is 10.0 Å². The van der Waals surface area contributed by atoms with Crippen LogP contribution in [-0.2, 0) is 10.0 Å². The molecule has 0 spiro atoms. The lowest BCUT2D eigenvalue weighted by atomic mass is 9.99. The minimum absolute atomic E-state index is 0.0438. The maximum Gasteiger partial charge on any atom is 0.242 e. The Morgan fingerprint density at radius 1 is 1.38 bits per heavy atom. The van der Waals surface area contributed by atoms with Crippen molar-refractivity contribution in [2.75, 3.05) is 31.9 Å². The van der Waals surface area contributed by atoms with Gasteiger partial charge in [0.05, 0.1) is 5.69 Å². The van der Waals surface area contributed by atoms with E-state index in [9.17, 15) is 8.42 Å². The molecular formula is C14H22ClN3O2S. The number of piperidine rings is 1. The molecule has 1 aromatic carbocycles. The molecule has 5 nitrogen and oxygen atoms in total. The van der Waals surface area contributed by atoms with Gasteiger partial charge in [-0.1, -0.05) is 18.5 Å². The van der Waals surface area contributed by atoms with Crippen LogP contribution in [0.25, 0.3) is 0 Å². The predicted octanol–water partition coefficient (Wildman–Crippen LogP) is 1.93. The molecule has 2 rings (SSSR count). The van der Waals surface area contributed by atoms with Crippen molar-refractivity contribution in [3.8, 4) is 0 Å². The highest BCUT2D eigenvalue weighted by Gasteiger charge is 2.19. The third-order valence-electron chi connectivity index (χ3n) is 3.86. The largest absolute Gasteiger partial charge is 0.398 e. The summed E-state index contributed by atoms with van der Waals surface area (Å²) in [5, 5.41) is 0.356. The van der Waals surface area contributed by atoms with Gasteiger partial charge in [0.1, 0.15) is 4.90 Å². The van der Waals surface area contributed by atoms with Gasteiger partial charge in [0.25, 0.3) is 0 Å². The Bertz CT molecular complexity index is 584. The summed E-state index contributed by atoms with van der Waals surface area (Å²) >= 11 is 5.84. The molecular weight excluding hydrogens is 310 g/mol. The van der Waals surface area contributed by atoms with Crippen molar-refractivity contribution in [2.24, 2.45) is 5.92 Å². The molecule has 7 heteroatoms. The highest BCUT2D eigenvalue weighted by atomic mass is 35.5. The molecule has 1 heterocycles. The van der Waals surface area contributed by atoms with Crippen LogP contribution in [0.5, 0.6) is 0 Å². The minimum Gasteiger partial charge on any atom is -0.398 e. The first-order chi connectivity index (χ1) is 9.88. The van der Waals surface area contributed by atoms with Crippen molar-refractivity contribution in [2.45, 2.75) is 24.7 Å². The number of hydrogen-bond acceptors (Lipinski definition) is 4. The molecule has 0 aliphatic carbocycles. The maximum absolute atomic E-state index is 12.2. The smallest absolute Gasteiger partial charge is 0.242 e. The number of nitrogens with one attached hydrogen (secondary N) is 1. The SMILES string of the molecule is CC1CCN(CCNS(=O)(=O)c2cc(Cl)ccc2N)CC1. The number of likely N-dealkylation sites (tertiary alicyclic amines) is 1. The van der Waals surface area contributed by atoms with Crippen LogP contribution in [0.1, 0.15) is 19.8 Å². The average molecular weight is 332 g/mol. The Morgan fingerprint density at radius 2 is 2.05 bits per heavy atom. The Hall–Kier alpha value is -0.820. The van der Waals surface area contributed by atoms with Crippen molar-refractivity contribution < 1.29 is 8.42 Å². The van der Waals surface area contributed by atoms with Crippen LogP contribution in [0.2, 0.25) is 5.02 Å². The van der Waals surface area contributed by atoms with Crippen LogP contribution in [0.15, 0.2) is 23.1 Å². The van der Waals surface area contributed by atoms with Crippen LogP contribution in [0.3, 0.4) is 0 Å². The van der Waals surface area contributed by atoms with Crippen LogP contribution in [0.4, 0.5) is 5.69 Å². The van der Waals surface area contributed by atoms with Gasteiger partial charge >= 0.3 is 0 Å². The fourth-order valence-corrected chi connectivity index (χ4v) is 3.86. The monoisotopic (exact) mass is 331 g/mol. The molecule has 0 unspecified atom stereocenters.